The van der Waals surface area contributed by atoms with Gasteiger partial charge >= 0.3 is 0 Å². The summed E-state index contributed by atoms with van der Waals surface area (Å²) in [6, 6.07) is 6.69. The van der Waals surface area contributed by atoms with Crippen molar-refractivity contribution >= 4 is 15.9 Å². The molecule has 2 fully saturated rings. The van der Waals surface area contributed by atoms with Crippen LogP contribution in [-0.2, 0) is 10.0 Å². The minimum atomic E-state index is -3.55. The minimum absolute atomic E-state index is 0.0274. The van der Waals surface area contributed by atoms with Gasteiger partial charge in [-0.1, -0.05) is 0 Å². The molecule has 3 N–H and O–H groups in total. The van der Waals surface area contributed by atoms with Crippen LogP contribution in [0.15, 0.2) is 29.2 Å². The Kier molecular flexibility index (Phi) is 3.96. The summed E-state index contributed by atoms with van der Waals surface area (Å²) in [7, 11) is -1.90. The van der Waals surface area contributed by atoms with Crippen LogP contribution < -0.4 is 11.1 Å². The van der Waals surface area contributed by atoms with Gasteiger partial charge in [0.15, 0.2) is 0 Å². The maximum Gasteiger partial charge on any atom is 0.248 e. The lowest BCUT2D eigenvalue weighted by Crippen LogP contribution is -2.48. The molecule has 1 amide bonds. The van der Waals surface area contributed by atoms with E-state index in [2.05, 4.69) is 5.32 Å². The van der Waals surface area contributed by atoms with E-state index < -0.39 is 15.9 Å². The third kappa shape index (κ3) is 2.76. The first kappa shape index (κ1) is 15.5. The summed E-state index contributed by atoms with van der Waals surface area (Å²) in [5.41, 5.74) is 5.49. The van der Waals surface area contributed by atoms with Gasteiger partial charge in [-0.2, -0.15) is 4.31 Å². The highest BCUT2D eigenvalue weighted by atomic mass is 32.2. The van der Waals surface area contributed by atoms with E-state index in [1.54, 1.807) is 7.05 Å². The van der Waals surface area contributed by atoms with Gasteiger partial charge in [0.25, 0.3) is 0 Å². The Morgan fingerprint density at radius 1 is 1.18 bits per heavy atom. The van der Waals surface area contributed by atoms with Crippen molar-refractivity contribution in [1.29, 1.82) is 0 Å². The second-order valence-corrected chi connectivity index (χ2v) is 8.17. The number of carbonyl (C=O) groups excluding carboxylic acids is 1. The molecule has 0 radical (unpaired) electrons. The first-order valence-corrected chi connectivity index (χ1v) is 8.96. The average molecular weight is 323 g/mol. The Morgan fingerprint density at radius 3 is 2.23 bits per heavy atom. The van der Waals surface area contributed by atoms with Crippen molar-refractivity contribution in [3.8, 4) is 0 Å². The van der Waals surface area contributed by atoms with Crippen LogP contribution in [0.1, 0.15) is 36.0 Å². The van der Waals surface area contributed by atoms with Gasteiger partial charge in [0, 0.05) is 30.7 Å². The Labute approximate surface area is 130 Å². The van der Waals surface area contributed by atoms with E-state index in [1.807, 2.05) is 0 Å². The molecule has 3 rings (SSSR count). The third-order valence-corrected chi connectivity index (χ3v) is 6.70. The van der Waals surface area contributed by atoms with Gasteiger partial charge in [-0.3, -0.25) is 4.79 Å². The Balaban J connectivity index is 1.81. The quantitative estimate of drug-likeness (QED) is 0.852. The fourth-order valence-electron chi connectivity index (χ4n) is 3.48. The molecular weight excluding hydrogens is 302 g/mol. The van der Waals surface area contributed by atoms with E-state index in [0.717, 1.165) is 25.7 Å². The number of nitrogens with zero attached hydrogens (tertiary/aromatic N) is 1. The molecule has 0 spiro atoms. The maximum absolute atomic E-state index is 12.7. The second-order valence-electron chi connectivity index (χ2n) is 6.17. The van der Waals surface area contributed by atoms with Crippen molar-refractivity contribution in [2.45, 2.75) is 48.7 Å². The maximum atomic E-state index is 12.7. The Bertz CT molecular complexity index is 660. The number of nitrogens with one attached hydrogen (secondary N) is 1. The summed E-state index contributed by atoms with van der Waals surface area (Å²) >= 11 is 0. The van der Waals surface area contributed by atoms with Crippen molar-refractivity contribution in [1.82, 2.24) is 9.62 Å². The molecule has 2 unspecified atom stereocenters. The molecule has 120 valence electrons. The first-order chi connectivity index (χ1) is 10.4. The number of fused-ring (bicyclic) bond motifs is 2. The number of sulfonamides is 1. The van der Waals surface area contributed by atoms with Crippen LogP contribution in [0, 0.1) is 0 Å². The van der Waals surface area contributed by atoms with Gasteiger partial charge in [-0.25, -0.2) is 8.42 Å². The summed E-state index contributed by atoms with van der Waals surface area (Å²) in [5.74, 6) is -0.563. The van der Waals surface area contributed by atoms with Crippen molar-refractivity contribution < 1.29 is 13.2 Å². The van der Waals surface area contributed by atoms with E-state index in [1.165, 1.54) is 28.6 Å². The van der Waals surface area contributed by atoms with E-state index >= 15 is 0 Å². The molecule has 0 aromatic heterocycles. The fraction of sp³-hybridized carbons (Fsp3) is 0.533. The zero-order valence-corrected chi connectivity index (χ0v) is 13.3. The number of rotatable bonds is 4. The summed E-state index contributed by atoms with van der Waals surface area (Å²) in [4.78, 5) is 11.3. The van der Waals surface area contributed by atoms with Crippen LogP contribution >= 0.6 is 0 Å². The standard InChI is InChI=1S/C15H21N3O3S/c1-18(13-8-11-4-5-12(9-13)17-11)22(20,21)14-6-2-10(3-7-14)15(16)19/h2-3,6-7,11-13,17H,4-5,8-9H2,1H3,(H2,16,19). The summed E-state index contributed by atoms with van der Waals surface area (Å²) in [6.45, 7) is 0. The van der Waals surface area contributed by atoms with Crippen LogP contribution in [0.4, 0.5) is 0 Å². The monoisotopic (exact) mass is 323 g/mol. The molecule has 2 atom stereocenters. The molecule has 7 heteroatoms. The molecule has 0 saturated carbocycles. The van der Waals surface area contributed by atoms with Gasteiger partial charge in [0.05, 0.1) is 4.90 Å². The lowest BCUT2D eigenvalue weighted by molar-refractivity contribution is 0.1000. The lowest BCUT2D eigenvalue weighted by atomic mass is 10.0. The largest absolute Gasteiger partial charge is 0.366 e. The molecular formula is C15H21N3O3S. The number of amides is 1. The summed E-state index contributed by atoms with van der Waals surface area (Å²) in [5, 5.41) is 3.51. The van der Waals surface area contributed by atoms with Gasteiger partial charge in [-0.15, -0.1) is 0 Å². The molecule has 1 aromatic carbocycles. The number of hydrogen-bond acceptors (Lipinski definition) is 4. The second kappa shape index (κ2) is 5.64. The topological polar surface area (TPSA) is 92.5 Å². The fourth-order valence-corrected chi connectivity index (χ4v) is 4.85. The molecule has 2 aliphatic rings. The Morgan fingerprint density at radius 2 is 1.73 bits per heavy atom. The highest BCUT2D eigenvalue weighted by molar-refractivity contribution is 7.89. The van der Waals surface area contributed by atoms with Crippen LogP contribution in [-0.4, -0.2) is 43.8 Å². The molecule has 6 nitrogen and oxygen atoms in total. The minimum Gasteiger partial charge on any atom is -0.366 e. The molecule has 2 saturated heterocycles. The van der Waals surface area contributed by atoms with E-state index in [-0.39, 0.29) is 10.9 Å². The number of primary amides is 1. The molecule has 22 heavy (non-hydrogen) atoms. The zero-order valence-electron chi connectivity index (χ0n) is 12.5. The molecule has 0 aliphatic carbocycles. The third-order valence-electron chi connectivity index (χ3n) is 4.78. The number of piperidine rings is 1. The van der Waals surface area contributed by atoms with Crippen molar-refractivity contribution in [3.63, 3.8) is 0 Å². The van der Waals surface area contributed by atoms with Gasteiger partial charge in [0.1, 0.15) is 0 Å². The van der Waals surface area contributed by atoms with E-state index in [4.69, 9.17) is 5.73 Å². The average Bonchev–Trinajstić information content (AvgIpc) is 2.84. The van der Waals surface area contributed by atoms with Crippen LogP contribution in [0.2, 0.25) is 0 Å². The predicted octanol–water partition coefficient (Wildman–Crippen LogP) is 0.689. The molecule has 2 aliphatic heterocycles. The number of hydrogen-bond donors (Lipinski definition) is 2. The Hall–Kier alpha value is -1.44. The van der Waals surface area contributed by atoms with Crippen molar-refractivity contribution in [2.75, 3.05) is 7.05 Å². The number of nitrogens with two attached hydrogens (primary N) is 1. The smallest absolute Gasteiger partial charge is 0.248 e. The lowest BCUT2D eigenvalue weighted by Gasteiger charge is -2.34. The SMILES string of the molecule is CN(C1CC2CCC(C1)N2)S(=O)(=O)c1ccc(C(N)=O)cc1. The van der Waals surface area contributed by atoms with Crippen molar-refractivity contribution in [3.05, 3.63) is 29.8 Å². The number of benzene rings is 1. The summed E-state index contributed by atoms with van der Waals surface area (Å²) < 4.78 is 27.0. The van der Waals surface area contributed by atoms with Crippen LogP contribution in [0.3, 0.4) is 0 Å². The number of carbonyl (C=O) groups is 1. The molecule has 1 aromatic rings. The van der Waals surface area contributed by atoms with Crippen LogP contribution in [0.5, 0.6) is 0 Å². The zero-order chi connectivity index (χ0) is 15.9. The molecule has 2 heterocycles. The molecule has 2 bridgehead atoms. The summed E-state index contributed by atoms with van der Waals surface area (Å²) in [6.07, 6.45) is 3.96. The van der Waals surface area contributed by atoms with E-state index in [9.17, 15) is 13.2 Å². The highest BCUT2D eigenvalue weighted by Crippen LogP contribution is 2.31. The van der Waals surface area contributed by atoms with Crippen LogP contribution in [0.25, 0.3) is 0 Å². The van der Waals surface area contributed by atoms with Gasteiger partial charge in [-0.05, 0) is 49.9 Å². The highest BCUT2D eigenvalue weighted by Gasteiger charge is 2.38. The van der Waals surface area contributed by atoms with E-state index in [0.29, 0.717) is 17.6 Å². The van der Waals surface area contributed by atoms with Gasteiger partial charge in [0.2, 0.25) is 15.9 Å². The predicted molar refractivity (Wildman–Crippen MR) is 82.9 cm³/mol. The van der Waals surface area contributed by atoms with Crippen molar-refractivity contribution in [2.24, 2.45) is 5.73 Å². The normalized spacial score (nSPS) is 28.0. The van der Waals surface area contributed by atoms with Gasteiger partial charge < -0.3 is 11.1 Å². The first-order valence-electron chi connectivity index (χ1n) is 7.52.